The van der Waals surface area contributed by atoms with Gasteiger partial charge in [0.15, 0.2) is 0 Å². The van der Waals surface area contributed by atoms with Crippen LogP contribution in [0, 0.1) is 5.82 Å². The Morgan fingerprint density at radius 1 is 1.33 bits per heavy atom. The molecule has 1 aromatic carbocycles. The third kappa shape index (κ3) is 3.02. The summed E-state index contributed by atoms with van der Waals surface area (Å²) in [6.07, 6.45) is -4.99. The number of carboxylic acids is 1. The molecule has 4 N–H and O–H groups in total. The number of rotatable bonds is 2. The first kappa shape index (κ1) is 16.5. The molecule has 0 spiro atoms. The predicted molar refractivity (Wildman–Crippen MR) is 55.3 cm³/mol. The minimum Gasteiger partial charge on any atom is -0.507 e. The number of alkyl halides is 3. The van der Waals surface area contributed by atoms with Gasteiger partial charge in [-0.3, -0.25) is 0 Å². The van der Waals surface area contributed by atoms with Crippen molar-refractivity contribution in [3.8, 4) is 5.75 Å². The van der Waals surface area contributed by atoms with Gasteiger partial charge in [0.1, 0.15) is 23.2 Å². The van der Waals surface area contributed by atoms with Crippen molar-refractivity contribution >= 4 is 18.4 Å². The second-order valence-electron chi connectivity index (χ2n) is 3.18. The summed E-state index contributed by atoms with van der Waals surface area (Å²) in [5, 5.41) is 17.8. The molecule has 0 fully saturated rings. The predicted octanol–water partition coefficient (Wildman–Crippen LogP) is 2.21. The Morgan fingerprint density at radius 2 is 1.83 bits per heavy atom. The molecule has 1 rings (SSSR count). The van der Waals surface area contributed by atoms with Crippen LogP contribution in [0.4, 0.5) is 17.6 Å². The van der Waals surface area contributed by atoms with Gasteiger partial charge in [0, 0.05) is 0 Å². The summed E-state index contributed by atoms with van der Waals surface area (Å²) in [7, 11) is 0. The fourth-order valence-electron chi connectivity index (χ4n) is 1.22. The molecule has 0 bridgehead atoms. The zero-order valence-electron chi connectivity index (χ0n) is 8.53. The summed E-state index contributed by atoms with van der Waals surface area (Å²) < 4.78 is 50.0. The summed E-state index contributed by atoms with van der Waals surface area (Å²) >= 11 is 0. The monoisotopic (exact) mass is 289 g/mol. The summed E-state index contributed by atoms with van der Waals surface area (Å²) in [6.45, 7) is 0. The van der Waals surface area contributed by atoms with E-state index < -0.39 is 40.9 Å². The average Bonchev–Trinajstić information content (AvgIpc) is 2.15. The molecular weight excluding hydrogens is 282 g/mol. The van der Waals surface area contributed by atoms with E-state index in [0.29, 0.717) is 12.1 Å². The Hall–Kier alpha value is -1.54. The lowest BCUT2D eigenvalue weighted by molar-refractivity contribution is -0.150. The lowest BCUT2D eigenvalue weighted by Gasteiger charge is -2.18. The van der Waals surface area contributed by atoms with Crippen molar-refractivity contribution in [2.24, 2.45) is 5.73 Å². The van der Waals surface area contributed by atoms with Crippen molar-refractivity contribution in [1.29, 1.82) is 0 Å². The normalized spacial score (nSPS) is 12.7. The highest BCUT2D eigenvalue weighted by molar-refractivity contribution is 5.91. The Balaban J connectivity index is 0.00000289. The van der Waals surface area contributed by atoms with E-state index in [4.69, 9.17) is 10.8 Å². The molecule has 0 amide bonds. The number of hydrogen-bond donors (Lipinski definition) is 3. The molecule has 9 heteroatoms. The second kappa shape index (κ2) is 5.40. The minimum atomic E-state index is -4.99. The molecule has 0 saturated heterocycles. The van der Waals surface area contributed by atoms with Crippen LogP contribution < -0.4 is 5.73 Å². The first-order valence-corrected chi connectivity index (χ1v) is 4.23. The molecule has 1 aromatic rings. The van der Waals surface area contributed by atoms with Crippen molar-refractivity contribution in [2.75, 3.05) is 0 Å². The lowest BCUT2D eigenvalue weighted by Crippen LogP contribution is -2.29. The van der Waals surface area contributed by atoms with Crippen LogP contribution >= 0.6 is 12.4 Å². The van der Waals surface area contributed by atoms with E-state index >= 15 is 0 Å². The van der Waals surface area contributed by atoms with Crippen LogP contribution in [0.25, 0.3) is 0 Å². The molecule has 0 aromatic heterocycles. The number of aromatic hydroxyl groups is 1. The van der Waals surface area contributed by atoms with Crippen LogP contribution in [-0.2, 0) is 0 Å². The van der Waals surface area contributed by atoms with E-state index in [1.165, 1.54) is 0 Å². The van der Waals surface area contributed by atoms with Crippen molar-refractivity contribution in [3.05, 3.63) is 29.1 Å². The van der Waals surface area contributed by atoms with Gasteiger partial charge in [-0.1, -0.05) is 0 Å². The SMILES string of the molecule is Cl.N[C@H](c1c(F)ccc(C(=O)O)c1O)C(F)(F)F. The average molecular weight is 290 g/mol. The summed E-state index contributed by atoms with van der Waals surface area (Å²) in [5.74, 6) is -4.42. The van der Waals surface area contributed by atoms with E-state index in [1.54, 1.807) is 0 Å². The van der Waals surface area contributed by atoms with Crippen LogP contribution in [0.3, 0.4) is 0 Å². The van der Waals surface area contributed by atoms with Crippen LogP contribution in [-0.4, -0.2) is 22.4 Å². The van der Waals surface area contributed by atoms with E-state index in [2.05, 4.69) is 0 Å². The fraction of sp³-hybridized carbons (Fsp3) is 0.222. The van der Waals surface area contributed by atoms with E-state index in [-0.39, 0.29) is 12.4 Å². The third-order valence-corrected chi connectivity index (χ3v) is 2.06. The maximum Gasteiger partial charge on any atom is 0.407 e. The van der Waals surface area contributed by atoms with E-state index in [9.17, 15) is 27.5 Å². The highest BCUT2D eigenvalue weighted by Crippen LogP contribution is 2.38. The summed E-state index contributed by atoms with van der Waals surface area (Å²) in [6, 6.07) is -1.63. The third-order valence-electron chi connectivity index (χ3n) is 2.06. The molecule has 0 radical (unpaired) electrons. The molecule has 0 aliphatic heterocycles. The Bertz CT molecular complexity index is 464. The number of aromatic carboxylic acids is 1. The van der Waals surface area contributed by atoms with Crippen molar-refractivity contribution in [2.45, 2.75) is 12.2 Å². The van der Waals surface area contributed by atoms with Gasteiger partial charge in [0.05, 0.1) is 5.56 Å². The Labute approximate surface area is 104 Å². The van der Waals surface area contributed by atoms with Gasteiger partial charge >= 0.3 is 12.1 Å². The van der Waals surface area contributed by atoms with Crippen LogP contribution in [0.5, 0.6) is 5.75 Å². The van der Waals surface area contributed by atoms with Crippen LogP contribution in [0.1, 0.15) is 22.0 Å². The molecule has 1 atom stereocenters. The molecule has 18 heavy (non-hydrogen) atoms. The van der Waals surface area contributed by atoms with E-state index in [0.717, 1.165) is 0 Å². The number of phenols is 1. The number of benzene rings is 1. The number of halogens is 5. The molecule has 0 saturated carbocycles. The number of nitrogens with two attached hydrogens (primary N) is 1. The molecule has 102 valence electrons. The maximum atomic E-state index is 13.1. The highest BCUT2D eigenvalue weighted by atomic mass is 35.5. The first-order valence-electron chi connectivity index (χ1n) is 4.23. The number of carboxylic acid groups (broad SMARTS) is 1. The fourth-order valence-corrected chi connectivity index (χ4v) is 1.22. The van der Waals surface area contributed by atoms with Gasteiger partial charge in [0.2, 0.25) is 0 Å². The van der Waals surface area contributed by atoms with Gasteiger partial charge in [-0.15, -0.1) is 12.4 Å². The summed E-state index contributed by atoms with van der Waals surface area (Å²) in [4.78, 5) is 10.6. The minimum absolute atomic E-state index is 0. The quantitative estimate of drug-likeness (QED) is 0.729. The molecule has 0 heterocycles. The number of carbonyl (C=O) groups is 1. The summed E-state index contributed by atoms with van der Waals surface area (Å²) in [5.41, 5.74) is 2.60. The molecule has 0 aliphatic carbocycles. The lowest BCUT2D eigenvalue weighted by atomic mass is 10.0. The van der Waals surface area contributed by atoms with Gasteiger partial charge in [-0.2, -0.15) is 13.2 Å². The van der Waals surface area contributed by atoms with Crippen molar-refractivity contribution in [3.63, 3.8) is 0 Å². The van der Waals surface area contributed by atoms with Crippen molar-refractivity contribution < 1.29 is 32.6 Å². The number of hydrogen-bond acceptors (Lipinski definition) is 3. The molecular formula is C9H8ClF4NO3. The zero-order chi connectivity index (χ0) is 13.4. The Kier molecular flexibility index (Phi) is 4.94. The first-order chi connectivity index (χ1) is 7.66. The molecule has 0 aliphatic rings. The molecule has 4 nitrogen and oxygen atoms in total. The van der Waals surface area contributed by atoms with Crippen LogP contribution in [0.2, 0.25) is 0 Å². The van der Waals surface area contributed by atoms with E-state index in [1.807, 2.05) is 0 Å². The zero-order valence-corrected chi connectivity index (χ0v) is 9.35. The van der Waals surface area contributed by atoms with Crippen molar-refractivity contribution in [1.82, 2.24) is 0 Å². The Morgan fingerprint density at radius 3 is 2.22 bits per heavy atom. The van der Waals surface area contributed by atoms with Gasteiger partial charge in [0.25, 0.3) is 0 Å². The second-order valence-corrected chi connectivity index (χ2v) is 3.18. The maximum absolute atomic E-state index is 13.1. The van der Waals surface area contributed by atoms with Gasteiger partial charge < -0.3 is 15.9 Å². The highest BCUT2D eigenvalue weighted by Gasteiger charge is 2.41. The topological polar surface area (TPSA) is 83.6 Å². The van der Waals surface area contributed by atoms with Gasteiger partial charge in [-0.05, 0) is 12.1 Å². The van der Waals surface area contributed by atoms with Gasteiger partial charge in [-0.25, -0.2) is 9.18 Å². The largest absolute Gasteiger partial charge is 0.507 e. The smallest absolute Gasteiger partial charge is 0.407 e. The van der Waals surface area contributed by atoms with Crippen LogP contribution in [0.15, 0.2) is 12.1 Å². The molecule has 0 unspecified atom stereocenters. The standard InChI is InChI=1S/C9H7F4NO3.ClH/c10-4-2-1-3(8(16)17)6(15)5(4)7(14)9(11,12)13;/h1-2,7,15H,14H2,(H,16,17);1H/t7-;/m1./s1.